The number of sulfonamides is 1. The van der Waals surface area contributed by atoms with E-state index in [1.807, 2.05) is 24.3 Å². The van der Waals surface area contributed by atoms with Crippen LogP contribution >= 0.6 is 23.2 Å². The number of amides is 1. The fourth-order valence-electron chi connectivity index (χ4n) is 8.65. The van der Waals surface area contributed by atoms with Crippen molar-refractivity contribution >= 4 is 62.3 Å². The molecule has 0 radical (unpaired) electrons. The molecule has 62 heavy (non-hydrogen) atoms. The molecule has 1 aliphatic carbocycles. The highest BCUT2D eigenvalue weighted by Gasteiger charge is 2.32. The van der Waals surface area contributed by atoms with E-state index in [0.29, 0.717) is 30.8 Å². The summed E-state index contributed by atoms with van der Waals surface area (Å²) in [6.07, 6.45) is 6.75. The number of nitrogens with zero attached hydrogens (tertiary/aromatic N) is 5. The summed E-state index contributed by atoms with van der Waals surface area (Å²) in [7, 11) is -4.48. The molecule has 11 nitrogen and oxygen atoms in total. The second-order valence-electron chi connectivity index (χ2n) is 17.1. The molecular weight excluding hydrogens is 858 g/mol. The summed E-state index contributed by atoms with van der Waals surface area (Å²) >= 11 is 12.7. The summed E-state index contributed by atoms with van der Waals surface area (Å²) in [6.45, 7) is 7.78. The fraction of sp³-hybridized carbons (Fsp3) is 0.413. The van der Waals surface area contributed by atoms with Gasteiger partial charge in [0.15, 0.2) is 5.75 Å². The number of fused-ring (bicyclic) bond motifs is 1. The maximum Gasteiger partial charge on any atom is 0.268 e. The Kier molecular flexibility index (Phi) is 13.2. The number of halogens is 4. The number of aromatic nitrogens is 1. The Balaban J connectivity index is 0.982. The standard InChI is InChI=1S/C46H50Cl2F2N6O5S/c1-46(2)15-12-32(39(24-46)30-6-8-33(47)9-7-30)28-54-18-20-55(21-19-54)34-10-11-38(42(22-34)61-41-5-3-4-31-13-16-51-43(31)41)44(57)53-62(58,59)37-23-40(48)45(52-27-37)60-36-14-17-56(29-36)35(25-49)26-50/h3-11,16,22-23,27,35-36H,12-15,17-21,24-26,28-29H2,1-2H3,(H,53,57)/t36-/m1/s1. The van der Waals surface area contributed by atoms with Crippen molar-refractivity contribution in [3.8, 4) is 17.4 Å². The first-order chi connectivity index (χ1) is 29.8. The number of likely N-dealkylation sites (tertiary alicyclic amines) is 1. The number of rotatable bonds is 14. The van der Waals surface area contributed by atoms with Crippen LogP contribution in [-0.2, 0) is 16.4 Å². The molecule has 328 valence electrons. The van der Waals surface area contributed by atoms with Gasteiger partial charge < -0.3 is 14.4 Å². The SMILES string of the molecule is CC1(C)CCC(CN2CCN(c3ccc(C(=O)NS(=O)(=O)c4cnc(O[C@@H]5CCN(C(CF)CF)C5)c(Cl)c4)c(Oc4cccc5c4N=CC5)c3)CC2)=C(c2ccc(Cl)cc2)C1. The molecule has 0 spiro atoms. The molecule has 8 rings (SSSR count). The number of carbonyl (C=O) groups is 1. The van der Waals surface area contributed by atoms with Crippen LogP contribution in [0.4, 0.5) is 20.2 Å². The van der Waals surface area contributed by atoms with Crippen LogP contribution in [0.2, 0.25) is 10.0 Å². The zero-order valence-electron chi connectivity index (χ0n) is 34.8. The third kappa shape index (κ3) is 9.94. The van der Waals surface area contributed by atoms with Crippen molar-refractivity contribution in [2.45, 2.75) is 63.0 Å². The van der Waals surface area contributed by atoms with Crippen LogP contribution < -0.4 is 19.1 Å². The molecule has 3 aliphatic heterocycles. The summed E-state index contributed by atoms with van der Waals surface area (Å²) < 4.78 is 68.2. The first-order valence-electron chi connectivity index (χ1n) is 20.9. The summed E-state index contributed by atoms with van der Waals surface area (Å²) in [6, 6.07) is 19.2. The van der Waals surface area contributed by atoms with Gasteiger partial charge in [0.25, 0.3) is 15.9 Å². The van der Waals surface area contributed by atoms with Gasteiger partial charge in [-0.05, 0) is 84.2 Å². The number of ether oxygens (including phenoxy) is 2. The third-order valence-corrected chi connectivity index (χ3v) is 14.0. The van der Waals surface area contributed by atoms with E-state index in [-0.39, 0.29) is 39.1 Å². The Labute approximate surface area is 371 Å². The van der Waals surface area contributed by atoms with Gasteiger partial charge in [-0.25, -0.2) is 26.9 Å². The maximum absolute atomic E-state index is 13.9. The van der Waals surface area contributed by atoms with E-state index in [9.17, 15) is 22.0 Å². The molecule has 1 amide bonds. The van der Waals surface area contributed by atoms with Crippen LogP contribution in [0.15, 0.2) is 88.4 Å². The van der Waals surface area contributed by atoms with E-state index in [2.05, 4.69) is 50.5 Å². The molecular formula is C46H50Cl2F2N6O5S. The number of hydrogen-bond donors (Lipinski definition) is 1. The van der Waals surface area contributed by atoms with Crippen molar-refractivity contribution in [1.82, 2.24) is 19.5 Å². The smallest absolute Gasteiger partial charge is 0.268 e. The van der Waals surface area contributed by atoms with Crippen LogP contribution in [-0.4, -0.2) is 107 Å². The second-order valence-corrected chi connectivity index (χ2v) is 19.7. The molecule has 3 aromatic carbocycles. The number of piperazine rings is 1. The number of anilines is 1. The Morgan fingerprint density at radius 2 is 1.76 bits per heavy atom. The number of pyridine rings is 1. The van der Waals surface area contributed by atoms with Crippen molar-refractivity contribution in [3.05, 3.63) is 105 Å². The van der Waals surface area contributed by atoms with Gasteiger partial charge in [0, 0.05) is 75.2 Å². The predicted octanol–water partition coefficient (Wildman–Crippen LogP) is 9.10. The van der Waals surface area contributed by atoms with Gasteiger partial charge in [0.2, 0.25) is 5.88 Å². The van der Waals surface area contributed by atoms with E-state index in [4.69, 9.17) is 32.7 Å². The maximum atomic E-state index is 13.9. The molecule has 1 N–H and O–H groups in total. The van der Waals surface area contributed by atoms with Crippen molar-refractivity contribution in [1.29, 1.82) is 0 Å². The molecule has 4 heterocycles. The van der Waals surface area contributed by atoms with Crippen molar-refractivity contribution in [2.24, 2.45) is 10.4 Å². The molecule has 1 aromatic heterocycles. The number of alkyl halides is 2. The Bertz CT molecular complexity index is 2480. The average Bonchev–Trinajstić information content (AvgIpc) is 3.94. The topological polar surface area (TPSA) is 117 Å². The number of allylic oxidation sites excluding steroid dienone is 1. The highest BCUT2D eigenvalue weighted by Crippen LogP contribution is 2.44. The number of para-hydroxylation sites is 1. The van der Waals surface area contributed by atoms with Crippen LogP contribution in [0.1, 0.15) is 61.0 Å². The first kappa shape index (κ1) is 44.0. The van der Waals surface area contributed by atoms with Gasteiger partial charge in [-0.2, -0.15) is 0 Å². The summed E-state index contributed by atoms with van der Waals surface area (Å²) in [5, 5.41) is 0.632. The number of hydrogen-bond acceptors (Lipinski definition) is 10. The van der Waals surface area contributed by atoms with E-state index in [1.165, 1.54) is 16.7 Å². The minimum absolute atomic E-state index is 0.00193. The van der Waals surface area contributed by atoms with Gasteiger partial charge in [-0.1, -0.05) is 66.9 Å². The lowest BCUT2D eigenvalue weighted by Crippen LogP contribution is -2.47. The number of aliphatic imine (C=N–C) groups is 1. The predicted molar refractivity (Wildman–Crippen MR) is 240 cm³/mol. The van der Waals surface area contributed by atoms with Crippen molar-refractivity contribution < 1.29 is 31.5 Å². The molecule has 4 aromatic rings. The van der Waals surface area contributed by atoms with Gasteiger partial charge >= 0.3 is 0 Å². The number of benzene rings is 3. The van der Waals surface area contributed by atoms with Crippen LogP contribution in [0.3, 0.4) is 0 Å². The van der Waals surface area contributed by atoms with Crippen molar-refractivity contribution in [3.63, 3.8) is 0 Å². The largest absolute Gasteiger partial charge is 0.472 e. The molecule has 0 unspecified atom stereocenters. The lowest BCUT2D eigenvalue weighted by molar-refractivity contribution is 0.0979. The Morgan fingerprint density at radius 1 is 0.984 bits per heavy atom. The normalized spacial score (nSPS) is 19.3. The third-order valence-electron chi connectivity index (χ3n) is 12.2. The molecule has 4 aliphatic rings. The average molecular weight is 908 g/mol. The number of nitrogens with one attached hydrogen (secondary N) is 1. The van der Waals surface area contributed by atoms with Gasteiger partial charge in [0.1, 0.15) is 40.8 Å². The van der Waals surface area contributed by atoms with Gasteiger partial charge in [-0.3, -0.25) is 19.6 Å². The Hall–Kier alpha value is -4.60. The molecule has 2 fully saturated rings. The minimum Gasteiger partial charge on any atom is -0.472 e. The highest BCUT2D eigenvalue weighted by molar-refractivity contribution is 7.90. The first-order valence-corrected chi connectivity index (χ1v) is 23.2. The van der Waals surface area contributed by atoms with E-state index in [0.717, 1.165) is 80.5 Å². The quantitative estimate of drug-likeness (QED) is 0.132. The Morgan fingerprint density at radius 3 is 2.50 bits per heavy atom. The molecule has 1 atom stereocenters. The second kappa shape index (κ2) is 18.6. The molecule has 0 saturated carbocycles. The molecule has 16 heteroatoms. The zero-order valence-corrected chi connectivity index (χ0v) is 37.1. The summed E-state index contributed by atoms with van der Waals surface area (Å²) in [5.74, 6) is -0.323. The van der Waals surface area contributed by atoms with E-state index in [1.54, 1.807) is 35.4 Å². The summed E-state index contributed by atoms with van der Waals surface area (Å²) in [4.78, 5) is 28.6. The van der Waals surface area contributed by atoms with Crippen LogP contribution in [0.5, 0.6) is 17.4 Å². The summed E-state index contributed by atoms with van der Waals surface area (Å²) in [5.41, 5.74) is 6.81. The monoisotopic (exact) mass is 906 g/mol. The van der Waals surface area contributed by atoms with Gasteiger partial charge in [-0.15, -0.1) is 0 Å². The van der Waals surface area contributed by atoms with Gasteiger partial charge in [0.05, 0.1) is 17.8 Å². The zero-order chi connectivity index (χ0) is 43.6. The highest BCUT2D eigenvalue weighted by atomic mass is 35.5. The van der Waals surface area contributed by atoms with E-state index >= 15 is 0 Å². The minimum atomic E-state index is -4.48. The van der Waals surface area contributed by atoms with Crippen molar-refractivity contribution in [2.75, 3.05) is 64.1 Å². The van der Waals surface area contributed by atoms with Crippen LogP contribution in [0, 0.1) is 5.41 Å². The number of carbonyl (C=O) groups excluding carboxylic acids is 1. The fourth-order valence-corrected chi connectivity index (χ4v) is 9.98. The lowest BCUT2D eigenvalue weighted by Gasteiger charge is -2.39. The molecule has 2 saturated heterocycles. The van der Waals surface area contributed by atoms with Crippen LogP contribution in [0.25, 0.3) is 5.57 Å². The van der Waals surface area contributed by atoms with E-state index < -0.39 is 41.4 Å². The lowest BCUT2D eigenvalue weighted by atomic mass is 9.72. The molecule has 0 bridgehead atoms.